The van der Waals surface area contributed by atoms with Gasteiger partial charge in [-0.3, -0.25) is 0 Å². The first-order valence-electron chi connectivity index (χ1n) is 6.17. The lowest BCUT2D eigenvalue weighted by Gasteiger charge is -2.16. The second-order valence-corrected chi connectivity index (χ2v) is 5.67. The number of aliphatic hydroxyl groups is 1. The number of aliphatic hydroxyl groups excluding tert-OH is 1. The van der Waals surface area contributed by atoms with Gasteiger partial charge >= 0.3 is 0 Å². The van der Waals surface area contributed by atoms with Crippen molar-refractivity contribution in [3.8, 4) is 0 Å². The van der Waals surface area contributed by atoms with E-state index in [-0.39, 0.29) is 5.82 Å². The Hall–Kier alpha value is -1.19. The lowest BCUT2D eigenvalue weighted by molar-refractivity contribution is 0.173. The molecule has 0 bridgehead atoms. The monoisotopic (exact) mass is 322 g/mol. The van der Waals surface area contributed by atoms with Gasteiger partial charge in [0.25, 0.3) is 0 Å². The summed E-state index contributed by atoms with van der Waals surface area (Å²) in [6.45, 7) is 4.01. The van der Waals surface area contributed by atoms with Gasteiger partial charge in [-0.2, -0.15) is 0 Å². The molecule has 0 aliphatic carbocycles. The summed E-state index contributed by atoms with van der Waals surface area (Å²) >= 11 is 3.30. The van der Waals surface area contributed by atoms with Crippen molar-refractivity contribution in [1.82, 2.24) is 0 Å². The van der Waals surface area contributed by atoms with Gasteiger partial charge in [0.15, 0.2) is 0 Å². The molecule has 1 N–H and O–H groups in total. The SMILES string of the molecule is Cc1cccc(C)c1CC(O)c1cc(Br)ccc1F. The van der Waals surface area contributed by atoms with Crippen LogP contribution in [0.25, 0.3) is 0 Å². The molecule has 3 heteroatoms. The van der Waals surface area contributed by atoms with Crippen molar-refractivity contribution >= 4 is 15.9 Å². The lowest BCUT2D eigenvalue weighted by Crippen LogP contribution is -2.07. The van der Waals surface area contributed by atoms with Gasteiger partial charge in [0.2, 0.25) is 0 Å². The van der Waals surface area contributed by atoms with Crippen LogP contribution in [0.1, 0.15) is 28.4 Å². The van der Waals surface area contributed by atoms with Crippen LogP contribution < -0.4 is 0 Å². The minimum Gasteiger partial charge on any atom is -0.388 e. The molecule has 1 atom stereocenters. The van der Waals surface area contributed by atoms with Gasteiger partial charge in [-0.05, 0) is 48.7 Å². The van der Waals surface area contributed by atoms with E-state index in [0.717, 1.165) is 21.2 Å². The van der Waals surface area contributed by atoms with E-state index in [1.54, 1.807) is 12.1 Å². The maximum atomic E-state index is 13.7. The van der Waals surface area contributed by atoms with E-state index in [2.05, 4.69) is 15.9 Å². The van der Waals surface area contributed by atoms with E-state index in [1.165, 1.54) is 6.07 Å². The second-order valence-electron chi connectivity index (χ2n) is 4.76. The predicted molar refractivity (Wildman–Crippen MR) is 78.7 cm³/mol. The molecule has 100 valence electrons. The average molecular weight is 323 g/mol. The molecular formula is C16H16BrFO. The van der Waals surface area contributed by atoms with E-state index in [1.807, 2.05) is 32.0 Å². The molecule has 2 aromatic carbocycles. The van der Waals surface area contributed by atoms with E-state index in [9.17, 15) is 9.50 Å². The van der Waals surface area contributed by atoms with Crippen LogP contribution in [0.4, 0.5) is 4.39 Å². The Balaban J connectivity index is 2.31. The van der Waals surface area contributed by atoms with Crippen LogP contribution in [-0.2, 0) is 6.42 Å². The van der Waals surface area contributed by atoms with Crippen LogP contribution in [-0.4, -0.2) is 5.11 Å². The van der Waals surface area contributed by atoms with Crippen LogP contribution in [0.5, 0.6) is 0 Å². The molecule has 0 radical (unpaired) electrons. The van der Waals surface area contributed by atoms with Gasteiger partial charge < -0.3 is 5.11 Å². The standard InChI is InChI=1S/C16H16BrFO/c1-10-4-3-5-11(2)13(10)9-16(19)14-8-12(17)6-7-15(14)18/h3-8,16,19H,9H2,1-2H3. The van der Waals surface area contributed by atoms with Gasteiger partial charge in [-0.15, -0.1) is 0 Å². The van der Waals surface area contributed by atoms with Crippen molar-refractivity contribution in [1.29, 1.82) is 0 Å². The highest BCUT2D eigenvalue weighted by Gasteiger charge is 2.16. The molecule has 0 amide bonds. The van der Waals surface area contributed by atoms with E-state index >= 15 is 0 Å². The normalized spacial score (nSPS) is 12.5. The van der Waals surface area contributed by atoms with E-state index in [4.69, 9.17) is 0 Å². The van der Waals surface area contributed by atoms with Crippen molar-refractivity contribution < 1.29 is 9.50 Å². The molecule has 19 heavy (non-hydrogen) atoms. The molecule has 0 fully saturated rings. The van der Waals surface area contributed by atoms with Gasteiger partial charge in [0.05, 0.1) is 6.10 Å². The molecule has 2 aromatic rings. The highest BCUT2D eigenvalue weighted by Crippen LogP contribution is 2.26. The summed E-state index contributed by atoms with van der Waals surface area (Å²) in [4.78, 5) is 0. The molecule has 0 aromatic heterocycles. The largest absolute Gasteiger partial charge is 0.388 e. The fourth-order valence-electron chi connectivity index (χ4n) is 2.24. The molecule has 0 aliphatic rings. The first-order chi connectivity index (χ1) is 8.99. The first-order valence-corrected chi connectivity index (χ1v) is 6.96. The second kappa shape index (κ2) is 5.85. The summed E-state index contributed by atoms with van der Waals surface area (Å²) in [5, 5.41) is 10.3. The zero-order valence-electron chi connectivity index (χ0n) is 11.0. The van der Waals surface area contributed by atoms with E-state index in [0.29, 0.717) is 12.0 Å². The minimum atomic E-state index is -0.836. The van der Waals surface area contributed by atoms with Crippen LogP contribution in [0.15, 0.2) is 40.9 Å². The number of hydrogen-bond donors (Lipinski definition) is 1. The number of halogens is 2. The molecule has 0 heterocycles. The highest BCUT2D eigenvalue weighted by atomic mass is 79.9. The summed E-state index contributed by atoms with van der Waals surface area (Å²) in [6, 6.07) is 10.6. The third-order valence-electron chi connectivity index (χ3n) is 3.36. The van der Waals surface area contributed by atoms with Crippen LogP contribution in [0, 0.1) is 19.7 Å². The zero-order valence-corrected chi connectivity index (χ0v) is 12.5. The Morgan fingerprint density at radius 1 is 1.16 bits per heavy atom. The van der Waals surface area contributed by atoms with Crippen molar-refractivity contribution in [3.05, 3.63) is 68.9 Å². The number of rotatable bonds is 3. The van der Waals surface area contributed by atoms with Gasteiger partial charge in [0.1, 0.15) is 5.82 Å². The number of aryl methyl sites for hydroxylation is 2. The maximum absolute atomic E-state index is 13.7. The Kier molecular flexibility index (Phi) is 4.38. The Labute approximate surface area is 121 Å². The fourth-order valence-corrected chi connectivity index (χ4v) is 2.62. The lowest BCUT2D eigenvalue weighted by atomic mass is 9.94. The molecule has 0 aliphatic heterocycles. The fraction of sp³-hybridized carbons (Fsp3) is 0.250. The average Bonchev–Trinajstić information content (AvgIpc) is 2.37. The predicted octanol–water partition coefficient (Wildman–Crippen LogP) is 4.48. The van der Waals surface area contributed by atoms with Gasteiger partial charge in [-0.1, -0.05) is 34.1 Å². The summed E-state index contributed by atoms with van der Waals surface area (Å²) in [5.74, 6) is -0.373. The van der Waals surface area contributed by atoms with Crippen LogP contribution >= 0.6 is 15.9 Å². The van der Waals surface area contributed by atoms with Gasteiger partial charge in [0, 0.05) is 16.5 Å². The Bertz CT molecular complexity index is 575. The maximum Gasteiger partial charge on any atom is 0.129 e. The topological polar surface area (TPSA) is 20.2 Å². The van der Waals surface area contributed by atoms with Crippen molar-refractivity contribution in [2.24, 2.45) is 0 Å². The smallest absolute Gasteiger partial charge is 0.129 e. The van der Waals surface area contributed by atoms with Crippen molar-refractivity contribution in [2.45, 2.75) is 26.4 Å². The quantitative estimate of drug-likeness (QED) is 0.883. The summed E-state index contributed by atoms with van der Waals surface area (Å²) in [5.41, 5.74) is 3.65. The number of benzene rings is 2. The third kappa shape index (κ3) is 3.23. The Morgan fingerprint density at radius 2 is 1.79 bits per heavy atom. The molecular weight excluding hydrogens is 307 g/mol. The van der Waals surface area contributed by atoms with Crippen LogP contribution in [0.2, 0.25) is 0 Å². The molecule has 1 unspecified atom stereocenters. The van der Waals surface area contributed by atoms with E-state index < -0.39 is 6.10 Å². The Morgan fingerprint density at radius 3 is 2.42 bits per heavy atom. The summed E-state index contributed by atoms with van der Waals surface area (Å²) < 4.78 is 14.5. The summed E-state index contributed by atoms with van der Waals surface area (Å²) in [7, 11) is 0. The van der Waals surface area contributed by atoms with Crippen LogP contribution in [0.3, 0.4) is 0 Å². The first kappa shape index (κ1) is 14.2. The molecule has 0 spiro atoms. The van der Waals surface area contributed by atoms with Gasteiger partial charge in [-0.25, -0.2) is 4.39 Å². The van der Waals surface area contributed by atoms with Crippen molar-refractivity contribution in [3.63, 3.8) is 0 Å². The molecule has 0 saturated heterocycles. The minimum absolute atomic E-state index is 0.331. The molecule has 0 saturated carbocycles. The third-order valence-corrected chi connectivity index (χ3v) is 3.85. The zero-order chi connectivity index (χ0) is 14.0. The molecule has 1 nitrogen and oxygen atoms in total. The van der Waals surface area contributed by atoms with Crippen molar-refractivity contribution in [2.75, 3.05) is 0 Å². The molecule has 2 rings (SSSR count). The number of hydrogen-bond acceptors (Lipinski definition) is 1. The summed E-state index contributed by atoms with van der Waals surface area (Å²) in [6.07, 6.45) is -0.413. The highest BCUT2D eigenvalue weighted by molar-refractivity contribution is 9.10.